The maximum absolute atomic E-state index is 13.1. The number of aromatic nitrogens is 1. The van der Waals surface area contributed by atoms with Gasteiger partial charge in [-0.05, 0) is 32.3 Å². The Hall–Kier alpha value is -2.10. The zero-order chi connectivity index (χ0) is 23.7. The Morgan fingerprint density at radius 2 is 1.97 bits per heavy atom. The van der Waals surface area contributed by atoms with Crippen LogP contribution in [0.5, 0.6) is 0 Å². The van der Waals surface area contributed by atoms with E-state index < -0.39 is 11.4 Å². The molecule has 1 aliphatic carbocycles. The number of thiazole rings is 1. The fourth-order valence-corrected chi connectivity index (χ4v) is 5.57. The second kappa shape index (κ2) is 12.4. The molecule has 2 amide bonds. The minimum Gasteiger partial charge on any atom is -0.481 e. The number of amides is 2. The molecule has 0 spiro atoms. The molecule has 0 atom stereocenters. The summed E-state index contributed by atoms with van der Waals surface area (Å²) < 4.78 is 6.73. The maximum atomic E-state index is 13.1. The van der Waals surface area contributed by atoms with Gasteiger partial charge in [-0.2, -0.15) is 0 Å². The molecular weight excluding hydrogens is 458 g/mol. The molecular formula is C24H33N3O4S2. The van der Waals surface area contributed by atoms with Crippen molar-refractivity contribution in [1.29, 1.82) is 0 Å². The van der Waals surface area contributed by atoms with Gasteiger partial charge >= 0.3 is 12.0 Å². The Bertz CT molecular complexity index is 898. The monoisotopic (exact) mass is 491 g/mol. The molecule has 1 saturated carbocycles. The van der Waals surface area contributed by atoms with Crippen LogP contribution in [0.15, 0.2) is 40.7 Å². The third kappa shape index (κ3) is 8.01. The van der Waals surface area contributed by atoms with Crippen molar-refractivity contribution in [3.8, 4) is 0 Å². The van der Waals surface area contributed by atoms with Gasteiger partial charge in [0.2, 0.25) is 0 Å². The highest BCUT2D eigenvalue weighted by Gasteiger charge is 2.28. The average molecular weight is 492 g/mol. The van der Waals surface area contributed by atoms with E-state index in [-0.39, 0.29) is 12.1 Å². The highest BCUT2D eigenvalue weighted by Crippen LogP contribution is 2.33. The summed E-state index contributed by atoms with van der Waals surface area (Å²) in [6, 6.07) is 10.1. The summed E-state index contributed by atoms with van der Waals surface area (Å²) in [6.07, 6.45) is 7.20. The summed E-state index contributed by atoms with van der Waals surface area (Å²) >= 11 is 2.82. The standard InChI is InChI=1S/C24H33N3O4S2/c1-24(2,21(28)29)17-32-20-15-25-22(33-20)26-23(30)27(19-11-7-4-8-12-19)13-14-31-16-18-9-5-3-6-10-18/h3,5-6,9-10,15,19H,4,7-8,11-14,16-17H2,1-2H3,(H,28,29)(H,25,26,30). The number of hydrogen-bond donors (Lipinski definition) is 2. The molecule has 0 bridgehead atoms. The van der Waals surface area contributed by atoms with Gasteiger partial charge in [0.05, 0.1) is 29.0 Å². The van der Waals surface area contributed by atoms with Crippen LogP contribution in [0.1, 0.15) is 51.5 Å². The normalized spacial score (nSPS) is 14.7. The molecule has 0 saturated heterocycles. The van der Waals surface area contributed by atoms with Crippen molar-refractivity contribution in [3.05, 3.63) is 42.1 Å². The third-order valence-corrected chi connectivity index (χ3v) is 8.28. The van der Waals surface area contributed by atoms with E-state index in [4.69, 9.17) is 4.74 Å². The van der Waals surface area contributed by atoms with Crippen LogP contribution < -0.4 is 5.32 Å². The number of thioether (sulfide) groups is 1. The number of carboxylic acids is 1. The quantitative estimate of drug-likeness (QED) is 0.308. The number of carbonyl (C=O) groups excluding carboxylic acids is 1. The van der Waals surface area contributed by atoms with Crippen molar-refractivity contribution < 1.29 is 19.4 Å². The smallest absolute Gasteiger partial charge is 0.323 e. The summed E-state index contributed by atoms with van der Waals surface area (Å²) in [5.74, 6) is -0.393. The van der Waals surface area contributed by atoms with Crippen LogP contribution in [0.3, 0.4) is 0 Å². The van der Waals surface area contributed by atoms with Crippen LogP contribution in [-0.4, -0.2) is 51.9 Å². The predicted molar refractivity (Wildman–Crippen MR) is 133 cm³/mol. The number of aliphatic carboxylic acids is 1. The SMILES string of the molecule is CC(C)(CSc1cnc(NC(=O)N(CCOCc2ccccc2)C2CCCCC2)s1)C(=O)O. The largest absolute Gasteiger partial charge is 0.481 e. The van der Waals surface area contributed by atoms with Gasteiger partial charge in [-0.25, -0.2) is 9.78 Å². The molecule has 1 fully saturated rings. The fourth-order valence-electron chi connectivity index (χ4n) is 3.63. The highest BCUT2D eigenvalue weighted by molar-refractivity contribution is 8.01. The van der Waals surface area contributed by atoms with E-state index in [1.807, 2.05) is 35.2 Å². The lowest BCUT2D eigenvalue weighted by Crippen LogP contribution is -2.45. The van der Waals surface area contributed by atoms with Gasteiger partial charge in [-0.15, -0.1) is 11.8 Å². The van der Waals surface area contributed by atoms with E-state index in [0.717, 1.165) is 35.5 Å². The Kier molecular flexibility index (Phi) is 9.58. The number of nitrogens with one attached hydrogen (secondary N) is 1. The van der Waals surface area contributed by atoms with E-state index >= 15 is 0 Å². The molecule has 0 radical (unpaired) electrons. The third-order valence-electron chi connectivity index (χ3n) is 5.72. The molecule has 33 heavy (non-hydrogen) atoms. The molecule has 3 rings (SSSR count). The van der Waals surface area contributed by atoms with Gasteiger partial charge < -0.3 is 14.7 Å². The molecule has 1 heterocycles. The number of hydrogen-bond acceptors (Lipinski definition) is 6. The molecule has 180 valence electrons. The van der Waals surface area contributed by atoms with Gasteiger partial charge in [-0.1, -0.05) is 60.9 Å². The molecule has 1 aliphatic rings. The van der Waals surface area contributed by atoms with Crippen LogP contribution in [-0.2, 0) is 16.1 Å². The van der Waals surface area contributed by atoms with E-state index in [2.05, 4.69) is 10.3 Å². The number of ether oxygens (including phenoxy) is 1. The number of benzene rings is 1. The summed E-state index contributed by atoms with van der Waals surface area (Å²) in [5, 5.41) is 12.8. The summed E-state index contributed by atoms with van der Waals surface area (Å²) in [4.78, 5) is 30.7. The number of carboxylic acid groups (broad SMARTS) is 1. The first-order valence-electron chi connectivity index (χ1n) is 11.4. The van der Waals surface area contributed by atoms with Gasteiger partial charge in [-0.3, -0.25) is 10.1 Å². The predicted octanol–water partition coefficient (Wildman–Crippen LogP) is 5.73. The van der Waals surface area contributed by atoms with Crippen molar-refractivity contribution in [1.82, 2.24) is 9.88 Å². The van der Waals surface area contributed by atoms with Crippen molar-refractivity contribution in [2.24, 2.45) is 5.41 Å². The second-order valence-corrected chi connectivity index (χ2v) is 11.2. The Labute approximate surface area is 203 Å². The van der Waals surface area contributed by atoms with Gasteiger partial charge in [0.25, 0.3) is 0 Å². The van der Waals surface area contributed by atoms with E-state index in [9.17, 15) is 14.7 Å². The van der Waals surface area contributed by atoms with Crippen LogP contribution in [0.25, 0.3) is 0 Å². The van der Waals surface area contributed by atoms with Crippen molar-refractivity contribution >= 4 is 40.2 Å². The summed E-state index contributed by atoms with van der Waals surface area (Å²) in [6.45, 7) is 4.94. The zero-order valence-electron chi connectivity index (χ0n) is 19.3. The van der Waals surface area contributed by atoms with E-state index in [0.29, 0.717) is 30.6 Å². The number of anilines is 1. The zero-order valence-corrected chi connectivity index (χ0v) is 20.9. The first kappa shape index (κ1) is 25.5. The number of carbonyl (C=O) groups is 2. The lowest BCUT2D eigenvalue weighted by atomic mass is 9.94. The minimum absolute atomic E-state index is 0.151. The van der Waals surface area contributed by atoms with Crippen LogP contribution in [0, 0.1) is 5.41 Å². The van der Waals surface area contributed by atoms with Crippen LogP contribution in [0.2, 0.25) is 0 Å². The molecule has 0 aliphatic heterocycles. The van der Waals surface area contributed by atoms with Crippen molar-refractivity contribution in [2.45, 2.75) is 62.8 Å². The van der Waals surface area contributed by atoms with Crippen molar-refractivity contribution in [2.75, 3.05) is 24.2 Å². The molecule has 7 nitrogen and oxygen atoms in total. The van der Waals surface area contributed by atoms with Gasteiger partial charge in [0.15, 0.2) is 5.13 Å². The summed E-state index contributed by atoms with van der Waals surface area (Å²) in [5.41, 5.74) is 0.292. The van der Waals surface area contributed by atoms with Gasteiger partial charge in [0, 0.05) is 18.3 Å². The lowest BCUT2D eigenvalue weighted by molar-refractivity contribution is -0.145. The Morgan fingerprint density at radius 3 is 2.67 bits per heavy atom. The lowest BCUT2D eigenvalue weighted by Gasteiger charge is -2.34. The molecule has 2 aromatic rings. The molecule has 1 aromatic heterocycles. The minimum atomic E-state index is -0.828. The first-order valence-corrected chi connectivity index (χ1v) is 13.2. The number of nitrogens with zero attached hydrogens (tertiary/aromatic N) is 2. The first-order chi connectivity index (χ1) is 15.8. The Morgan fingerprint density at radius 1 is 1.24 bits per heavy atom. The second-order valence-electron chi connectivity index (χ2n) is 8.92. The topological polar surface area (TPSA) is 91.8 Å². The van der Waals surface area contributed by atoms with E-state index in [1.54, 1.807) is 20.0 Å². The fraction of sp³-hybridized carbons (Fsp3) is 0.542. The molecule has 0 unspecified atom stereocenters. The van der Waals surface area contributed by atoms with Crippen LogP contribution >= 0.6 is 23.1 Å². The molecule has 9 heteroatoms. The molecule has 2 N–H and O–H groups in total. The number of rotatable bonds is 11. The van der Waals surface area contributed by atoms with Gasteiger partial charge in [0.1, 0.15) is 0 Å². The average Bonchev–Trinajstić information content (AvgIpc) is 3.26. The molecule has 1 aromatic carbocycles. The highest BCUT2D eigenvalue weighted by atomic mass is 32.2. The van der Waals surface area contributed by atoms with Crippen molar-refractivity contribution in [3.63, 3.8) is 0 Å². The van der Waals surface area contributed by atoms with Crippen LogP contribution in [0.4, 0.5) is 9.93 Å². The maximum Gasteiger partial charge on any atom is 0.323 e. The number of urea groups is 1. The summed E-state index contributed by atoms with van der Waals surface area (Å²) in [7, 11) is 0. The Balaban J connectivity index is 1.54. The van der Waals surface area contributed by atoms with E-state index in [1.165, 1.54) is 29.5 Å².